The summed E-state index contributed by atoms with van der Waals surface area (Å²) in [6.45, 7) is 3.28. The second kappa shape index (κ2) is 11.2. The first-order chi connectivity index (χ1) is 18.0. The molecule has 37 heavy (non-hydrogen) atoms. The summed E-state index contributed by atoms with van der Waals surface area (Å²) in [5, 5.41) is 5.29. The number of amides is 2. The first kappa shape index (κ1) is 25.1. The first-order valence-corrected chi connectivity index (χ1v) is 13.0. The van der Waals surface area contributed by atoms with Gasteiger partial charge in [-0.05, 0) is 49.3 Å². The zero-order chi connectivity index (χ0) is 25.8. The minimum absolute atomic E-state index is 0.0152. The highest BCUT2D eigenvalue weighted by Gasteiger charge is 2.26. The number of morpholine rings is 1. The molecule has 2 aromatic heterocycles. The van der Waals surface area contributed by atoms with Crippen molar-refractivity contribution in [2.45, 2.75) is 44.4 Å². The lowest BCUT2D eigenvalue weighted by Gasteiger charge is -2.31. The molecule has 1 aliphatic carbocycles. The third-order valence-electron chi connectivity index (χ3n) is 7.14. The quantitative estimate of drug-likeness (QED) is 0.531. The average molecular weight is 506 g/mol. The van der Waals surface area contributed by atoms with Gasteiger partial charge in [-0.3, -0.25) is 9.59 Å². The van der Waals surface area contributed by atoms with Gasteiger partial charge in [0.05, 0.1) is 18.8 Å². The standard InChI is InChI=1S/C28H35N5O4/c1-31(2)26(34)19-32-12-11-21(18-32)27(35)29-22-7-9-23(10-8-22)37-28-24-6-4-3-5-20(24)17-25(30-28)33-13-15-36-16-14-33/h3-6,11-12,17-18,22-23H,7-10,13-16,19H2,1-2H3,(H,29,35)/t22-,23+. The topological polar surface area (TPSA) is 88.9 Å². The van der Waals surface area contributed by atoms with Gasteiger partial charge in [-0.15, -0.1) is 0 Å². The van der Waals surface area contributed by atoms with Crippen molar-refractivity contribution < 1.29 is 19.1 Å². The van der Waals surface area contributed by atoms with Crippen LogP contribution in [0.3, 0.4) is 0 Å². The Morgan fingerprint density at radius 2 is 1.86 bits per heavy atom. The normalized spacial score (nSPS) is 20.0. The van der Waals surface area contributed by atoms with Crippen LogP contribution in [-0.4, -0.2) is 78.8 Å². The van der Waals surface area contributed by atoms with Gasteiger partial charge >= 0.3 is 0 Å². The number of anilines is 1. The van der Waals surface area contributed by atoms with Crippen LogP contribution in [0.1, 0.15) is 36.0 Å². The maximum Gasteiger partial charge on any atom is 0.253 e. The molecule has 0 radical (unpaired) electrons. The van der Waals surface area contributed by atoms with Crippen molar-refractivity contribution in [3.63, 3.8) is 0 Å². The second-order valence-corrected chi connectivity index (χ2v) is 10.0. The summed E-state index contributed by atoms with van der Waals surface area (Å²) in [5.41, 5.74) is 0.570. The molecule has 2 aliphatic rings. The molecule has 196 valence electrons. The van der Waals surface area contributed by atoms with Gasteiger partial charge in [0.25, 0.3) is 5.91 Å². The minimum Gasteiger partial charge on any atom is -0.474 e. The third kappa shape index (κ3) is 6.05. The Hall–Kier alpha value is -3.59. The van der Waals surface area contributed by atoms with E-state index in [1.54, 1.807) is 37.1 Å². The lowest BCUT2D eigenvalue weighted by Crippen LogP contribution is -2.39. The smallest absolute Gasteiger partial charge is 0.253 e. The molecule has 9 nitrogen and oxygen atoms in total. The summed E-state index contributed by atoms with van der Waals surface area (Å²) in [4.78, 5) is 33.4. The van der Waals surface area contributed by atoms with Gasteiger partial charge in [0, 0.05) is 51.0 Å². The number of rotatable bonds is 7. The lowest BCUT2D eigenvalue weighted by atomic mass is 9.92. The Balaban J connectivity index is 1.18. The van der Waals surface area contributed by atoms with E-state index in [1.165, 1.54) is 4.90 Å². The van der Waals surface area contributed by atoms with E-state index in [4.69, 9.17) is 14.5 Å². The zero-order valence-corrected chi connectivity index (χ0v) is 21.6. The van der Waals surface area contributed by atoms with Gasteiger partial charge < -0.3 is 29.2 Å². The van der Waals surface area contributed by atoms with Gasteiger partial charge in [0.15, 0.2) is 0 Å². The molecule has 9 heteroatoms. The van der Waals surface area contributed by atoms with Crippen LogP contribution in [0.15, 0.2) is 48.8 Å². The maximum atomic E-state index is 12.8. The van der Waals surface area contributed by atoms with Crippen LogP contribution < -0.4 is 15.0 Å². The minimum atomic E-state index is -0.105. The molecule has 1 aliphatic heterocycles. The molecule has 2 amide bonds. The van der Waals surface area contributed by atoms with Gasteiger partial charge in [0.2, 0.25) is 11.8 Å². The summed E-state index contributed by atoms with van der Waals surface area (Å²) in [5.74, 6) is 1.49. The molecule has 3 aromatic rings. The summed E-state index contributed by atoms with van der Waals surface area (Å²) >= 11 is 0. The Kier molecular flexibility index (Phi) is 7.60. The lowest BCUT2D eigenvalue weighted by molar-refractivity contribution is -0.129. The molecule has 2 fully saturated rings. The number of carbonyl (C=O) groups excluding carboxylic acids is 2. The Morgan fingerprint density at radius 3 is 2.62 bits per heavy atom. The summed E-state index contributed by atoms with van der Waals surface area (Å²) < 4.78 is 13.7. The molecular formula is C28H35N5O4. The number of benzene rings is 1. The number of hydrogen-bond donors (Lipinski definition) is 1. The van der Waals surface area contributed by atoms with E-state index < -0.39 is 0 Å². The number of aromatic nitrogens is 2. The van der Waals surface area contributed by atoms with Crippen LogP contribution >= 0.6 is 0 Å². The number of nitrogens with zero attached hydrogens (tertiary/aromatic N) is 4. The molecular weight excluding hydrogens is 470 g/mol. The molecule has 1 N–H and O–H groups in total. The van der Waals surface area contributed by atoms with E-state index in [2.05, 4.69) is 28.4 Å². The van der Waals surface area contributed by atoms with Crippen LogP contribution in [-0.2, 0) is 16.1 Å². The highest BCUT2D eigenvalue weighted by molar-refractivity contribution is 5.94. The van der Waals surface area contributed by atoms with E-state index in [9.17, 15) is 9.59 Å². The summed E-state index contributed by atoms with van der Waals surface area (Å²) in [7, 11) is 3.44. The zero-order valence-electron chi connectivity index (χ0n) is 21.6. The second-order valence-electron chi connectivity index (χ2n) is 10.0. The molecule has 0 atom stereocenters. The van der Waals surface area contributed by atoms with Crippen molar-refractivity contribution in [2.75, 3.05) is 45.3 Å². The number of nitrogens with one attached hydrogen (secondary N) is 1. The van der Waals surface area contributed by atoms with Crippen molar-refractivity contribution in [1.82, 2.24) is 19.8 Å². The van der Waals surface area contributed by atoms with Crippen LogP contribution in [0.2, 0.25) is 0 Å². The summed E-state index contributed by atoms with van der Waals surface area (Å²) in [6, 6.07) is 12.2. The molecule has 1 saturated carbocycles. The SMILES string of the molecule is CN(C)C(=O)Cn1ccc(C(=O)N[C@H]2CC[C@@H](Oc3nc(N4CCOCC4)cc4ccccc34)CC2)c1. The number of likely N-dealkylation sites (N-methyl/N-ethyl adjacent to an activating group) is 1. The Labute approximate surface area is 217 Å². The number of fused-ring (bicyclic) bond motifs is 1. The van der Waals surface area contributed by atoms with Crippen molar-refractivity contribution in [1.29, 1.82) is 0 Å². The molecule has 1 aromatic carbocycles. The van der Waals surface area contributed by atoms with Crippen LogP contribution in [0.25, 0.3) is 10.8 Å². The predicted octanol–water partition coefficient (Wildman–Crippen LogP) is 3.08. The fourth-order valence-electron chi connectivity index (χ4n) is 4.92. The maximum absolute atomic E-state index is 12.8. The van der Waals surface area contributed by atoms with Crippen LogP contribution in [0, 0.1) is 0 Å². The monoisotopic (exact) mass is 505 g/mol. The molecule has 0 unspecified atom stereocenters. The van der Waals surface area contributed by atoms with Crippen molar-refractivity contribution >= 4 is 28.4 Å². The highest BCUT2D eigenvalue weighted by Crippen LogP contribution is 2.31. The first-order valence-electron chi connectivity index (χ1n) is 13.0. The summed E-state index contributed by atoms with van der Waals surface area (Å²) in [6.07, 6.45) is 6.94. The fourth-order valence-corrected chi connectivity index (χ4v) is 4.92. The predicted molar refractivity (Wildman–Crippen MR) is 142 cm³/mol. The van der Waals surface area contributed by atoms with Gasteiger partial charge in [-0.1, -0.05) is 18.2 Å². The van der Waals surface area contributed by atoms with E-state index in [1.807, 2.05) is 12.1 Å². The van der Waals surface area contributed by atoms with E-state index in [0.717, 1.165) is 55.4 Å². The average Bonchev–Trinajstić information content (AvgIpc) is 3.39. The van der Waals surface area contributed by atoms with Gasteiger partial charge in [-0.2, -0.15) is 4.98 Å². The van der Waals surface area contributed by atoms with Gasteiger partial charge in [0.1, 0.15) is 18.5 Å². The van der Waals surface area contributed by atoms with Crippen molar-refractivity contribution in [2.24, 2.45) is 0 Å². The molecule has 0 bridgehead atoms. The van der Waals surface area contributed by atoms with E-state index in [0.29, 0.717) is 24.7 Å². The van der Waals surface area contributed by atoms with Crippen LogP contribution in [0.5, 0.6) is 5.88 Å². The number of pyridine rings is 1. The van der Waals surface area contributed by atoms with Crippen molar-refractivity contribution in [3.8, 4) is 5.88 Å². The highest BCUT2D eigenvalue weighted by atomic mass is 16.5. The molecule has 5 rings (SSSR count). The Morgan fingerprint density at radius 1 is 1.11 bits per heavy atom. The largest absolute Gasteiger partial charge is 0.474 e. The molecule has 3 heterocycles. The molecule has 0 spiro atoms. The number of hydrogen-bond acceptors (Lipinski definition) is 6. The number of carbonyl (C=O) groups is 2. The fraction of sp³-hybridized carbons (Fsp3) is 0.464. The van der Waals surface area contributed by atoms with Crippen molar-refractivity contribution in [3.05, 3.63) is 54.4 Å². The van der Waals surface area contributed by atoms with Gasteiger partial charge in [-0.25, -0.2) is 0 Å². The number of ether oxygens (including phenoxy) is 2. The third-order valence-corrected chi connectivity index (χ3v) is 7.14. The van der Waals surface area contributed by atoms with E-state index >= 15 is 0 Å². The Bertz CT molecular complexity index is 1240. The van der Waals surface area contributed by atoms with E-state index in [-0.39, 0.29) is 30.5 Å². The van der Waals surface area contributed by atoms with Crippen LogP contribution in [0.4, 0.5) is 5.82 Å². The molecule has 1 saturated heterocycles.